The van der Waals surface area contributed by atoms with Crippen LogP contribution < -0.4 is 5.32 Å². The zero-order chi connectivity index (χ0) is 22.7. The average molecular weight is 500 g/mol. The van der Waals surface area contributed by atoms with Gasteiger partial charge in [0.15, 0.2) is 4.34 Å². The first-order valence-electron chi connectivity index (χ1n) is 10.5. The Morgan fingerprint density at radius 3 is 2.78 bits per heavy atom. The van der Waals surface area contributed by atoms with Crippen LogP contribution in [0.25, 0.3) is 0 Å². The van der Waals surface area contributed by atoms with Gasteiger partial charge in [0.05, 0.1) is 20.8 Å². The molecule has 3 heterocycles. The quantitative estimate of drug-likeness (QED) is 0.428. The Hall–Kier alpha value is -1.80. The first-order valence-corrected chi connectivity index (χ1v) is 13.6. The van der Waals surface area contributed by atoms with E-state index in [2.05, 4.69) is 22.4 Å². The summed E-state index contributed by atoms with van der Waals surface area (Å²) in [7, 11) is -3.77. The van der Waals surface area contributed by atoms with E-state index in [0.717, 1.165) is 50.1 Å². The molecule has 2 aliphatic rings. The number of sulfonamides is 1. The predicted octanol–water partition coefficient (Wildman–Crippen LogP) is 3.61. The maximum Gasteiger partial charge on any atom is 0.284 e. The number of nitrogens with zero attached hydrogens (tertiary/aromatic N) is 4. The summed E-state index contributed by atoms with van der Waals surface area (Å²) in [5, 5.41) is 23.7. The Labute approximate surface area is 194 Å². The minimum Gasteiger partial charge on any atom is -0.376 e. The lowest BCUT2D eigenvalue weighted by Gasteiger charge is -2.29. The predicted molar refractivity (Wildman–Crippen MR) is 122 cm³/mol. The van der Waals surface area contributed by atoms with Gasteiger partial charge in [0.1, 0.15) is 0 Å². The van der Waals surface area contributed by atoms with Crippen LogP contribution in [0, 0.1) is 16.0 Å². The Morgan fingerprint density at radius 1 is 1.31 bits per heavy atom. The molecule has 2 aromatic rings. The minimum absolute atomic E-state index is 0.0562. The fraction of sp³-hybridized carbons (Fsp3) is 0.579. The van der Waals surface area contributed by atoms with Crippen LogP contribution in [-0.4, -0.2) is 60.2 Å². The van der Waals surface area contributed by atoms with E-state index >= 15 is 0 Å². The van der Waals surface area contributed by atoms with Crippen LogP contribution in [0.3, 0.4) is 0 Å². The SMILES string of the molecule is CC1CCN(S(=O)(=O)c2ccc(Sc3nnc(NCC4CCCO4)s3)c([N+](=O)[O-])c2)CC1. The van der Waals surface area contributed by atoms with Crippen molar-refractivity contribution in [2.45, 2.75) is 52.8 Å². The second-order valence-electron chi connectivity index (χ2n) is 7.96. The van der Waals surface area contributed by atoms with E-state index < -0.39 is 14.9 Å². The number of hydrogen-bond donors (Lipinski definition) is 1. The van der Waals surface area contributed by atoms with Crippen molar-refractivity contribution >= 4 is 43.9 Å². The molecule has 0 spiro atoms. The molecule has 0 bridgehead atoms. The fourth-order valence-electron chi connectivity index (χ4n) is 3.68. The molecule has 174 valence electrons. The van der Waals surface area contributed by atoms with Gasteiger partial charge in [-0.1, -0.05) is 18.3 Å². The van der Waals surface area contributed by atoms with Crippen LogP contribution in [0.5, 0.6) is 0 Å². The summed E-state index contributed by atoms with van der Waals surface area (Å²) >= 11 is 2.39. The number of benzene rings is 1. The first kappa shape index (κ1) is 23.4. The number of nitro groups is 1. The van der Waals surface area contributed by atoms with Crippen molar-refractivity contribution in [3.63, 3.8) is 0 Å². The third-order valence-corrected chi connectivity index (χ3v) is 9.51. The molecule has 1 N–H and O–H groups in total. The normalized spacial score (nSPS) is 20.5. The van der Waals surface area contributed by atoms with Crippen LogP contribution in [0.15, 0.2) is 32.3 Å². The maximum atomic E-state index is 13.0. The summed E-state index contributed by atoms with van der Waals surface area (Å²) in [6.07, 6.45) is 3.79. The molecule has 0 radical (unpaired) electrons. The van der Waals surface area contributed by atoms with Gasteiger partial charge in [-0.3, -0.25) is 10.1 Å². The lowest BCUT2D eigenvalue weighted by Crippen LogP contribution is -2.37. The van der Waals surface area contributed by atoms with Crippen LogP contribution in [0.4, 0.5) is 10.8 Å². The number of nitrogens with one attached hydrogen (secondary N) is 1. The highest BCUT2D eigenvalue weighted by Crippen LogP contribution is 2.39. The largest absolute Gasteiger partial charge is 0.376 e. The molecule has 13 heteroatoms. The van der Waals surface area contributed by atoms with Crippen LogP contribution in [-0.2, 0) is 14.8 Å². The number of ether oxygens (including phenoxy) is 1. The number of aromatic nitrogens is 2. The molecule has 2 fully saturated rings. The van der Waals surface area contributed by atoms with Gasteiger partial charge < -0.3 is 10.1 Å². The fourth-order valence-corrected chi connectivity index (χ4v) is 6.98. The summed E-state index contributed by atoms with van der Waals surface area (Å²) < 4.78 is 33.5. The highest BCUT2D eigenvalue weighted by Gasteiger charge is 2.30. The zero-order valence-electron chi connectivity index (χ0n) is 17.6. The molecular weight excluding hydrogens is 474 g/mol. The van der Waals surface area contributed by atoms with E-state index in [-0.39, 0.29) is 16.7 Å². The summed E-state index contributed by atoms with van der Waals surface area (Å²) in [5.74, 6) is 0.478. The van der Waals surface area contributed by atoms with Crippen molar-refractivity contribution in [3.8, 4) is 0 Å². The van der Waals surface area contributed by atoms with Gasteiger partial charge >= 0.3 is 0 Å². The molecule has 2 saturated heterocycles. The summed E-state index contributed by atoms with van der Waals surface area (Å²) in [6.45, 7) is 4.37. The van der Waals surface area contributed by atoms with Crippen molar-refractivity contribution in [1.82, 2.24) is 14.5 Å². The van der Waals surface area contributed by atoms with Gasteiger partial charge in [-0.25, -0.2) is 8.42 Å². The Kier molecular flexibility index (Phi) is 7.30. The molecule has 32 heavy (non-hydrogen) atoms. The van der Waals surface area contributed by atoms with Gasteiger partial charge in [0.2, 0.25) is 15.2 Å². The van der Waals surface area contributed by atoms with E-state index in [0.29, 0.717) is 39.9 Å². The lowest BCUT2D eigenvalue weighted by molar-refractivity contribution is -0.388. The third kappa shape index (κ3) is 5.39. The number of piperidine rings is 1. The molecule has 4 rings (SSSR count). The molecule has 1 aromatic heterocycles. The van der Waals surface area contributed by atoms with Crippen molar-refractivity contribution in [2.24, 2.45) is 5.92 Å². The summed E-state index contributed by atoms with van der Waals surface area (Å²) in [6, 6.07) is 4.05. The average Bonchev–Trinajstić information content (AvgIpc) is 3.44. The minimum atomic E-state index is -3.77. The Morgan fingerprint density at radius 2 is 2.09 bits per heavy atom. The Balaban J connectivity index is 1.48. The third-order valence-electron chi connectivity index (χ3n) is 5.62. The first-order chi connectivity index (χ1) is 15.3. The Bertz CT molecular complexity index is 1060. The standard InChI is InChI=1S/C19H25N5O5S3/c1-13-6-8-23(9-7-13)32(27,28)15-4-5-17(16(11-15)24(25)26)30-19-22-21-18(31-19)20-12-14-3-2-10-29-14/h4-5,11,13-14H,2-3,6-10,12H2,1H3,(H,20,21). The van der Waals surface area contributed by atoms with Gasteiger partial charge in [-0.2, -0.15) is 4.31 Å². The van der Waals surface area contributed by atoms with Gasteiger partial charge in [0.25, 0.3) is 5.69 Å². The number of anilines is 1. The van der Waals surface area contributed by atoms with Crippen LogP contribution >= 0.6 is 23.1 Å². The molecule has 2 aliphatic heterocycles. The topological polar surface area (TPSA) is 128 Å². The van der Waals surface area contributed by atoms with Crippen molar-refractivity contribution in [2.75, 3.05) is 31.6 Å². The van der Waals surface area contributed by atoms with Crippen molar-refractivity contribution < 1.29 is 18.1 Å². The molecular formula is C19H25N5O5S3. The highest BCUT2D eigenvalue weighted by molar-refractivity contribution is 8.01. The molecule has 0 amide bonds. The van der Waals surface area contributed by atoms with E-state index in [1.165, 1.54) is 27.8 Å². The summed E-state index contributed by atoms with van der Waals surface area (Å²) in [4.78, 5) is 11.4. The van der Waals surface area contributed by atoms with Gasteiger partial charge in [0, 0.05) is 32.3 Å². The van der Waals surface area contributed by atoms with Crippen molar-refractivity contribution in [3.05, 3.63) is 28.3 Å². The van der Waals surface area contributed by atoms with E-state index in [4.69, 9.17) is 4.74 Å². The monoisotopic (exact) mass is 499 g/mol. The van der Waals surface area contributed by atoms with Crippen LogP contribution in [0.1, 0.15) is 32.6 Å². The second kappa shape index (κ2) is 10.00. The van der Waals surface area contributed by atoms with Crippen molar-refractivity contribution in [1.29, 1.82) is 0 Å². The van der Waals surface area contributed by atoms with Gasteiger partial charge in [-0.05, 0) is 55.5 Å². The van der Waals surface area contributed by atoms with E-state index in [1.807, 2.05) is 0 Å². The van der Waals surface area contributed by atoms with Crippen LogP contribution in [0.2, 0.25) is 0 Å². The molecule has 10 nitrogen and oxygen atoms in total. The lowest BCUT2D eigenvalue weighted by atomic mass is 10.0. The number of hydrogen-bond acceptors (Lipinski definition) is 10. The van der Waals surface area contributed by atoms with Gasteiger partial charge in [-0.15, -0.1) is 10.2 Å². The zero-order valence-corrected chi connectivity index (χ0v) is 20.0. The smallest absolute Gasteiger partial charge is 0.284 e. The number of rotatable bonds is 8. The summed E-state index contributed by atoms with van der Waals surface area (Å²) in [5.41, 5.74) is -0.259. The molecule has 0 aliphatic carbocycles. The molecule has 1 aromatic carbocycles. The highest BCUT2D eigenvalue weighted by atomic mass is 32.2. The molecule has 0 saturated carbocycles. The maximum absolute atomic E-state index is 13.0. The number of nitro benzene ring substituents is 1. The van der Waals surface area contributed by atoms with E-state index in [9.17, 15) is 18.5 Å². The van der Waals surface area contributed by atoms with E-state index in [1.54, 1.807) is 0 Å². The second-order valence-corrected chi connectivity index (χ2v) is 12.2. The molecule has 1 atom stereocenters. The molecule has 1 unspecified atom stereocenters.